The average molecular weight is 214 g/mol. The van der Waals surface area contributed by atoms with Crippen molar-refractivity contribution in [3.63, 3.8) is 0 Å². The van der Waals surface area contributed by atoms with Crippen LogP contribution in [0, 0.1) is 5.92 Å². The summed E-state index contributed by atoms with van der Waals surface area (Å²) < 4.78 is 5.48. The van der Waals surface area contributed by atoms with Gasteiger partial charge in [0.2, 0.25) is 0 Å². The zero-order valence-electron chi connectivity index (χ0n) is 11.2. The van der Waals surface area contributed by atoms with Crippen LogP contribution in [0.15, 0.2) is 0 Å². The Balaban J connectivity index is 3.30. The van der Waals surface area contributed by atoms with Crippen LogP contribution >= 0.6 is 0 Å². The van der Waals surface area contributed by atoms with Crippen molar-refractivity contribution in [2.45, 2.75) is 78.2 Å². The van der Waals surface area contributed by atoms with Crippen LogP contribution in [0.2, 0.25) is 0 Å². The van der Waals surface area contributed by atoms with E-state index in [9.17, 15) is 0 Å². The summed E-state index contributed by atoms with van der Waals surface area (Å²) >= 11 is 0. The number of ether oxygens (including phenoxy) is 1. The molecule has 0 rings (SSSR count). The van der Waals surface area contributed by atoms with Gasteiger partial charge in [-0.1, -0.05) is 59.3 Å². The van der Waals surface area contributed by atoms with Gasteiger partial charge < -0.3 is 4.74 Å². The van der Waals surface area contributed by atoms with Gasteiger partial charge in [0.15, 0.2) is 0 Å². The molecule has 0 radical (unpaired) electrons. The summed E-state index contributed by atoms with van der Waals surface area (Å²) in [7, 11) is 1.86. The Morgan fingerprint density at radius 3 is 2.00 bits per heavy atom. The van der Waals surface area contributed by atoms with Gasteiger partial charge in [-0.25, -0.2) is 0 Å². The topological polar surface area (TPSA) is 9.23 Å². The van der Waals surface area contributed by atoms with E-state index in [1.54, 1.807) is 0 Å². The van der Waals surface area contributed by atoms with Crippen molar-refractivity contribution in [3.05, 3.63) is 0 Å². The van der Waals surface area contributed by atoms with Crippen LogP contribution in [-0.4, -0.2) is 13.2 Å². The molecule has 0 unspecified atom stereocenters. The molecule has 0 amide bonds. The fourth-order valence-corrected chi connectivity index (χ4v) is 1.91. The molecule has 0 aromatic heterocycles. The van der Waals surface area contributed by atoms with Crippen molar-refractivity contribution in [1.29, 1.82) is 0 Å². The van der Waals surface area contributed by atoms with E-state index in [1.807, 2.05) is 7.11 Å². The van der Waals surface area contributed by atoms with Crippen LogP contribution in [0.25, 0.3) is 0 Å². The normalized spacial score (nSPS) is 13.4. The molecular formula is C14H30O. The summed E-state index contributed by atoms with van der Waals surface area (Å²) in [6.07, 6.45) is 11.1. The highest BCUT2D eigenvalue weighted by Crippen LogP contribution is 2.14. The first kappa shape index (κ1) is 15.0. The van der Waals surface area contributed by atoms with Crippen molar-refractivity contribution in [2.24, 2.45) is 5.92 Å². The Kier molecular flexibility index (Phi) is 10.4. The maximum atomic E-state index is 5.48. The molecule has 1 nitrogen and oxygen atoms in total. The minimum absolute atomic E-state index is 0.518. The quantitative estimate of drug-likeness (QED) is 0.475. The van der Waals surface area contributed by atoms with Gasteiger partial charge in [-0.15, -0.1) is 0 Å². The third-order valence-corrected chi connectivity index (χ3v) is 3.02. The molecule has 0 aliphatic carbocycles. The molecule has 0 bridgehead atoms. The van der Waals surface area contributed by atoms with Gasteiger partial charge in [0.05, 0.1) is 6.10 Å². The predicted molar refractivity (Wildman–Crippen MR) is 68.2 cm³/mol. The Morgan fingerprint density at radius 1 is 0.867 bits per heavy atom. The van der Waals surface area contributed by atoms with Gasteiger partial charge in [0.25, 0.3) is 0 Å². The molecule has 0 heterocycles. The Bertz CT molecular complexity index is 121. The van der Waals surface area contributed by atoms with E-state index in [-0.39, 0.29) is 0 Å². The lowest BCUT2D eigenvalue weighted by atomic mass is 10.0. The molecule has 0 aliphatic heterocycles. The molecule has 92 valence electrons. The van der Waals surface area contributed by atoms with Gasteiger partial charge >= 0.3 is 0 Å². The van der Waals surface area contributed by atoms with Crippen molar-refractivity contribution < 1.29 is 4.74 Å². The second-order valence-corrected chi connectivity index (χ2v) is 5.03. The first-order chi connectivity index (χ1) is 7.20. The molecule has 1 heteroatoms. The number of methoxy groups -OCH3 is 1. The van der Waals surface area contributed by atoms with Crippen molar-refractivity contribution in [3.8, 4) is 0 Å². The zero-order chi connectivity index (χ0) is 11.5. The molecule has 0 saturated carbocycles. The fraction of sp³-hybridized carbons (Fsp3) is 1.00. The maximum absolute atomic E-state index is 5.48. The third kappa shape index (κ3) is 10.2. The summed E-state index contributed by atoms with van der Waals surface area (Å²) in [6.45, 7) is 6.85. The molecule has 0 N–H and O–H groups in total. The Morgan fingerprint density at radius 2 is 1.47 bits per heavy atom. The SMILES string of the molecule is CCCC[C@@H](CCCCCC(C)C)OC. The molecule has 0 saturated heterocycles. The largest absolute Gasteiger partial charge is 0.381 e. The first-order valence-electron chi connectivity index (χ1n) is 6.73. The monoisotopic (exact) mass is 214 g/mol. The first-order valence-corrected chi connectivity index (χ1v) is 6.73. The number of hydrogen-bond acceptors (Lipinski definition) is 1. The minimum atomic E-state index is 0.518. The van der Waals surface area contributed by atoms with Crippen LogP contribution < -0.4 is 0 Å². The predicted octanol–water partition coefficient (Wildman–Crippen LogP) is 4.80. The highest BCUT2D eigenvalue weighted by atomic mass is 16.5. The van der Waals surface area contributed by atoms with Gasteiger partial charge in [0.1, 0.15) is 0 Å². The van der Waals surface area contributed by atoms with E-state index in [1.165, 1.54) is 51.4 Å². The molecule has 15 heavy (non-hydrogen) atoms. The van der Waals surface area contributed by atoms with E-state index in [0.29, 0.717) is 6.10 Å². The van der Waals surface area contributed by atoms with Gasteiger partial charge in [-0.2, -0.15) is 0 Å². The molecule has 0 spiro atoms. The molecule has 0 aromatic rings. The van der Waals surface area contributed by atoms with Crippen LogP contribution in [-0.2, 0) is 4.74 Å². The summed E-state index contributed by atoms with van der Waals surface area (Å²) in [5, 5.41) is 0. The Labute approximate surface area is 96.6 Å². The summed E-state index contributed by atoms with van der Waals surface area (Å²) in [4.78, 5) is 0. The van der Waals surface area contributed by atoms with Gasteiger partial charge in [0, 0.05) is 7.11 Å². The van der Waals surface area contributed by atoms with E-state index in [4.69, 9.17) is 4.74 Å². The van der Waals surface area contributed by atoms with Crippen LogP contribution in [0.1, 0.15) is 72.1 Å². The van der Waals surface area contributed by atoms with Crippen molar-refractivity contribution in [1.82, 2.24) is 0 Å². The van der Waals surface area contributed by atoms with Crippen LogP contribution in [0.3, 0.4) is 0 Å². The van der Waals surface area contributed by atoms with E-state index in [2.05, 4.69) is 20.8 Å². The molecular weight excluding hydrogens is 184 g/mol. The maximum Gasteiger partial charge on any atom is 0.0571 e. The molecule has 0 aliphatic rings. The third-order valence-electron chi connectivity index (χ3n) is 3.02. The van der Waals surface area contributed by atoms with Gasteiger partial charge in [-0.3, -0.25) is 0 Å². The zero-order valence-corrected chi connectivity index (χ0v) is 11.2. The second kappa shape index (κ2) is 10.5. The van der Waals surface area contributed by atoms with Crippen molar-refractivity contribution >= 4 is 0 Å². The smallest absolute Gasteiger partial charge is 0.0571 e. The highest BCUT2D eigenvalue weighted by molar-refractivity contribution is 4.58. The fourth-order valence-electron chi connectivity index (χ4n) is 1.91. The number of unbranched alkanes of at least 4 members (excludes halogenated alkanes) is 3. The van der Waals surface area contributed by atoms with Crippen LogP contribution in [0.4, 0.5) is 0 Å². The summed E-state index contributed by atoms with van der Waals surface area (Å²) in [5.41, 5.74) is 0. The Hall–Kier alpha value is -0.0400. The minimum Gasteiger partial charge on any atom is -0.381 e. The lowest BCUT2D eigenvalue weighted by Gasteiger charge is -2.14. The average Bonchev–Trinajstić information content (AvgIpc) is 2.21. The lowest BCUT2D eigenvalue weighted by Crippen LogP contribution is -2.10. The lowest BCUT2D eigenvalue weighted by molar-refractivity contribution is 0.0836. The van der Waals surface area contributed by atoms with Gasteiger partial charge in [-0.05, 0) is 18.8 Å². The number of rotatable bonds is 10. The summed E-state index contributed by atoms with van der Waals surface area (Å²) in [5.74, 6) is 0.864. The van der Waals surface area contributed by atoms with E-state index < -0.39 is 0 Å². The highest BCUT2D eigenvalue weighted by Gasteiger charge is 2.05. The second-order valence-electron chi connectivity index (χ2n) is 5.03. The summed E-state index contributed by atoms with van der Waals surface area (Å²) in [6, 6.07) is 0. The standard InChI is InChI=1S/C14H30O/c1-5-6-11-14(15-4)12-9-7-8-10-13(2)3/h13-14H,5-12H2,1-4H3/t14-/m0/s1. The van der Waals surface area contributed by atoms with E-state index >= 15 is 0 Å². The molecule has 0 aromatic carbocycles. The molecule has 1 atom stereocenters. The van der Waals surface area contributed by atoms with E-state index in [0.717, 1.165) is 5.92 Å². The van der Waals surface area contributed by atoms with Crippen LogP contribution in [0.5, 0.6) is 0 Å². The molecule has 0 fully saturated rings. The van der Waals surface area contributed by atoms with Crippen molar-refractivity contribution in [2.75, 3.05) is 7.11 Å². The number of hydrogen-bond donors (Lipinski definition) is 0.